The van der Waals surface area contributed by atoms with E-state index in [4.69, 9.17) is 32.1 Å². The number of hydrogen-bond donors (Lipinski definition) is 2. The molecule has 0 bridgehead atoms. The molecular formula is C29H23ClN4O4. The number of nitrogen functional groups attached to an aromatic ring is 1. The Labute approximate surface area is 224 Å². The molecule has 3 N–H and O–H groups in total. The summed E-state index contributed by atoms with van der Waals surface area (Å²) in [7, 11) is 0. The summed E-state index contributed by atoms with van der Waals surface area (Å²) in [5.74, 6) is 1.56. The Balaban J connectivity index is 0.000000178. The van der Waals surface area contributed by atoms with Crippen LogP contribution in [-0.4, -0.2) is 9.91 Å². The number of nitriles is 1. The molecule has 190 valence electrons. The van der Waals surface area contributed by atoms with Crippen LogP contribution < -0.4 is 15.2 Å². The molecule has 9 heteroatoms. The number of aromatic amines is 1. The van der Waals surface area contributed by atoms with Crippen molar-refractivity contribution in [3.05, 3.63) is 129 Å². The summed E-state index contributed by atoms with van der Waals surface area (Å²) >= 11 is 5.71. The molecule has 0 aliphatic rings. The highest BCUT2D eigenvalue weighted by molar-refractivity contribution is 6.32. The third-order valence-corrected chi connectivity index (χ3v) is 5.84. The predicted molar refractivity (Wildman–Crippen MR) is 147 cm³/mol. The highest BCUT2D eigenvalue weighted by Gasteiger charge is 2.13. The second-order valence-electron chi connectivity index (χ2n) is 8.15. The van der Waals surface area contributed by atoms with Crippen LogP contribution >= 0.6 is 11.6 Å². The fourth-order valence-electron chi connectivity index (χ4n) is 3.61. The van der Waals surface area contributed by atoms with Gasteiger partial charge < -0.3 is 20.2 Å². The molecule has 0 unspecified atom stereocenters. The fourth-order valence-corrected chi connectivity index (χ4v) is 3.80. The van der Waals surface area contributed by atoms with Crippen LogP contribution in [0.1, 0.15) is 16.7 Å². The molecule has 1 heterocycles. The minimum Gasteiger partial charge on any atom is -0.489 e. The first kappa shape index (κ1) is 26.1. The molecule has 0 amide bonds. The molecule has 1 aromatic heterocycles. The van der Waals surface area contributed by atoms with Crippen LogP contribution in [0.3, 0.4) is 0 Å². The number of fused-ring (bicyclic) bond motifs is 1. The number of nitrogens with two attached hydrogens (primary N) is 1. The minimum atomic E-state index is -0.530. The van der Waals surface area contributed by atoms with Gasteiger partial charge in [-0.15, -0.1) is 0 Å². The van der Waals surface area contributed by atoms with E-state index in [-0.39, 0.29) is 10.7 Å². The quantitative estimate of drug-likeness (QED) is 0.173. The van der Waals surface area contributed by atoms with Crippen molar-refractivity contribution in [3.8, 4) is 17.6 Å². The average molecular weight is 527 g/mol. The van der Waals surface area contributed by atoms with Crippen molar-refractivity contribution in [3.63, 3.8) is 0 Å². The van der Waals surface area contributed by atoms with Gasteiger partial charge in [0.1, 0.15) is 47.2 Å². The molecule has 0 saturated heterocycles. The molecule has 5 rings (SSSR count). The fraction of sp³-hybridized carbons (Fsp3) is 0.0690. The van der Waals surface area contributed by atoms with Gasteiger partial charge in [-0.1, -0.05) is 72.3 Å². The second kappa shape index (κ2) is 12.3. The number of anilines is 1. The molecule has 4 aromatic carbocycles. The number of nitro groups is 1. The van der Waals surface area contributed by atoms with Crippen LogP contribution in [0.25, 0.3) is 10.9 Å². The van der Waals surface area contributed by atoms with E-state index in [0.29, 0.717) is 30.3 Å². The predicted octanol–water partition coefficient (Wildman–Crippen LogP) is 7.03. The molecule has 8 nitrogen and oxygen atoms in total. The number of halogens is 1. The van der Waals surface area contributed by atoms with Crippen LogP contribution in [0, 0.1) is 21.4 Å². The first-order chi connectivity index (χ1) is 18.4. The van der Waals surface area contributed by atoms with Gasteiger partial charge in [-0.25, -0.2) is 0 Å². The standard InChI is InChI=1S/C16H13N3O.C13H10ClNO3/c17-9-14-13-7-6-12(8-15(13)19-16(14)18)20-10-11-4-2-1-3-5-11;14-12-7-6-11(8-13(12)15(16)17)18-9-10-4-2-1-3-5-10/h1-8,19H,10,18H2;1-8H,9H2. The summed E-state index contributed by atoms with van der Waals surface area (Å²) in [6, 6.07) is 31.6. The number of benzene rings is 4. The van der Waals surface area contributed by atoms with Crippen LogP contribution in [0.5, 0.6) is 11.5 Å². The summed E-state index contributed by atoms with van der Waals surface area (Å²) in [6.45, 7) is 0.868. The molecule has 0 aliphatic carbocycles. The van der Waals surface area contributed by atoms with Gasteiger partial charge in [0, 0.05) is 11.5 Å². The van der Waals surface area contributed by atoms with Crippen molar-refractivity contribution in [1.82, 2.24) is 4.98 Å². The molecule has 0 fully saturated rings. The molecule has 0 spiro atoms. The molecule has 0 saturated carbocycles. The molecule has 0 aliphatic heterocycles. The minimum absolute atomic E-state index is 0.104. The Kier molecular flexibility index (Phi) is 8.44. The van der Waals surface area contributed by atoms with Crippen molar-refractivity contribution in [2.75, 3.05) is 5.73 Å². The smallest absolute Gasteiger partial charge is 0.291 e. The lowest BCUT2D eigenvalue weighted by Gasteiger charge is -2.06. The maximum atomic E-state index is 10.7. The highest BCUT2D eigenvalue weighted by atomic mass is 35.5. The van der Waals surface area contributed by atoms with Gasteiger partial charge in [0.25, 0.3) is 5.69 Å². The Hall–Kier alpha value is -5.00. The van der Waals surface area contributed by atoms with Gasteiger partial charge in [0.2, 0.25) is 0 Å². The van der Waals surface area contributed by atoms with E-state index in [1.54, 1.807) is 6.07 Å². The summed E-state index contributed by atoms with van der Waals surface area (Å²) in [4.78, 5) is 13.2. The third-order valence-electron chi connectivity index (χ3n) is 5.52. The zero-order chi connectivity index (χ0) is 26.9. The average Bonchev–Trinajstić information content (AvgIpc) is 3.26. The lowest BCUT2D eigenvalue weighted by atomic mass is 10.2. The number of nitrogens with zero attached hydrogens (tertiary/aromatic N) is 2. The van der Waals surface area contributed by atoms with Crippen LogP contribution in [0.4, 0.5) is 11.5 Å². The van der Waals surface area contributed by atoms with Gasteiger partial charge in [0.05, 0.1) is 16.5 Å². The lowest BCUT2D eigenvalue weighted by molar-refractivity contribution is -0.384. The van der Waals surface area contributed by atoms with E-state index in [0.717, 1.165) is 27.8 Å². The molecule has 0 atom stereocenters. The summed E-state index contributed by atoms with van der Waals surface area (Å²) in [5, 5.41) is 20.7. The Morgan fingerprint density at radius 1 is 0.868 bits per heavy atom. The largest absolute Gasteiger partial charge is 0.489 e. The van der Waals surface area contributed by atoms with Gasteiger partial charge in [-0.3, -0.25) is 10.1 Å². The number of ether oxygens (including phenoxy) is 2. The summed E-state index contributed by atoms with van der Waals surface area (Å²) < 4.78 is 11.2. The first-order valence-corrected chi connectivity index (χ1v) is 11.9. The molecule has 38 heavy (non-hydrogen) atoms. The van der Waals surface area contributed by atoms with E-state index < -0.39 is 4.92 Å². The molecule has 0 radical (unpaired) electrons. The SMILES string of the molecule is N#Cc1c(N)[nH]c2cc(OCc3ccccc3)ccc12.O=[N+]([O-])c1cc(OCc2ccccc2)ccc1Cl. The van der Waals surface area contributed by atoms with Gasteiger partial charge in [-0.2, -0.15) is 5.26 Å². The Morgan fingerprint density at radius 2 is 1.42 bits per heavy atom. The summed E-state index contributed by atoms with van der Waals surface area (Å²) in [6.07, 6.45) is 0. The van der Waals surface area contributed by atoms with E-state index in [9.17, 15) is 10.1 Å². The van der Waals surface area contributed by atoms with Crippen LogP contribution in [0.15, 0.2) is 97.1 Å². The van der Waals surface area contributed by atoms with Gasteiger partial charge in [-0.05, 0) is 35.4 Å². The second-order valence-corrected chi connectivity index (χ2v) is 8.56. The van der Waals surface area contributed by atoms with E-state index >= 15 is 0 Å². The van der Waals surface area contributed by atoms with Crippen molar-refractivity contribution < 1.29 is 14.4 Å². The van der Waals surface area contributed by atoms with Crippen LogP contribution in [-0.2, 0) is 13.2 Å². The lowest BCUT2D eigenvalue weighted by Crippen LogP contribution is -1.96. The van der Waals surface area contributed by atoms with E-state index in [1.165, 1.54) is 12.1 Å². The van der Waals surface area contributed by atoms with Crippen LogP contribution in [0.2, 0.25) is 5.02 Å². The molecule has 5 aromatic rings. The number of nitrogens with one attached hydrogen (secondary N) is 1. The van der Waals surface area contributed by atoms with Gasteiger partial charge in [0.15, 0.2) is 0 Å². The number of H-pyrrole nitrogens is 1. The van der Waals surface area contributed by atoms with Crippen molar-refractivity contribution in [2.45, 2.75) is 13.2 Å². The highest BCUT2D eigenvalue weighted by Crippen LogP contribution is 2.29. The number of nitro benzene ring substituents is 1. The normalized spacial score (nSPS) is 10.2. The van der Waals surface area contributed by atoms with E-state index in [2.05, 4.69) is 11.1 Å². The Morgan fingerprint density at radius 3 is 1.97 bits per heavy atom. The maximum absolute atomic E-state index is 10.7. The Bertz CT molecular complexity index is 1580. The number of aromatic nitrogens is 1. The number of hydrogen-bond acceptors (Lipinski definition) is 6. The molecular weight excluding hydrogens is 504 g/mol. The van der Waals surface area contributed by atoms with Crippen molar-refractivity contribution in [2.24, 2.45) is 0 Å². The third kappa shape index (κ3) is 6.60. The van der Waals surface area contributed by atoms with Crippen molar-refractivity contribution in [1.29, 1.82) is 5.26 Å². The zero-order valence-corrected chi connectivity index (χ0v) is 20.9. The maximum Gasteiger partial charge on any atom is 0.291 e. The zero-order valence-electron chi connectivity index (χ0n) is 20.1. The first-order valence-electron chi connectivity index (χ1n) is 11.5. The van der Waals surface area contributed by atoms with Gasteiger partial charge >= 0.3 is 0 Å². The summed E-state index contributed by atoms with van der Waals surface area (Å²) in [5.41, 5.74) is 9.00. The van der Waals surface area contributed by atoms with Crippen molar-refractivity contribution >= 4 is 34.0 Å². The monoisotopic (exact) mass is 526 g/mol. The topological polar surface area (TPSA) is 127 Å². The van der Waals surface area contributed by atoms with E-state index in [1.807, 2.05) is 78.9 Å². The number of rotatable bonds is 7.